The average Bonchev–Trinajstić information content (AvgIpc) is 2.85. The molecule has 0 spiro atoms. The monoisotopic (exact) mass is 365 g/mol. The lowest BCUT2D eigenvalue weighted by atomic mass is 10.3. The first-order valence-corrected chi connectivity index (χ1v) is 7.25. The first-order valence-electron chi connectivity index (χ1n) is 6.88. The minimum absolute atomic E-state index is 0.0235. The average molecular weight is 366 g/mol. The number of non-ortho nitro benzene ring substituents is 1. The van der Waals surface area contributed by atoms with Crippen LogP contribution in [0.2, 0.25) is 5.02 Å². The number of nitrogens with zero attached hydrogens (tertiary/aromatic N) is 2. The molecule has 0 aliphatic carbocycles. The minimum Gasteiger partial charge on any atom is -0.407 e. The molecule has 10 heteroatoms. The molecule has 3 rings (SSSR count). The van der Waals surface area contributed by atoms with Gasteiger partial charge in [0.05, 0.1) is 22.2 Å². The van der Waals surface area contributed by atoms with E-state index in [0.717, 1.165) is 16.7 Å². The third-order valence-corrected chi connectivity index (χ3v) is 3.60. The van der Waals surface area contributed by atoms with Crippen LogP contribution in [0.3, 0.4) is 0 Å². The van der Waals surface area contributed by atoms with Gasteiger partial charge in [0, 0.05) is 11.1 Å². The molecule has 1 heterocycles. The molecule has 1 aromatic heterocycles. The molecular weight excluding hydrogens is 357 g/mol. The number of hydrogen-bond donors (Lipinski definition) is 1. The van der Waals surface area contributed by atoms with E-state index in [-0.39, 0.29) is 27.5 Å². The van der Waals surface area contributed by atoms with Crippen LogP contribution < -0.4 is 11.1 Å². The lowest BCUT2D eigenvalue weighted by Crippen LogP contribution is -2.25. The van der Waals surface area contributed by atoms with E-state index in [9.17, 15) is 24.1 Å². The number of hydrogen-bond acceptors (Lipinski definition) is 5. The van der Waals surface area contributed by atoms with Gasteiger partial charge >= 0.3 is 5.76 Å². The van der Waals surface area contributed by atoms with E-state index in [1.165, 1.54) is 24.3 Å². The van der Waals surface area contributed by atoms with Crippen molar-refractivity contribution in [3.05, 3.63) is 67.9 Å². The number of nitrogens with one attached hydrogen (secondary N) is 1. The Labute approximate surface area is 143 Å². The van der Waals surface area contributed by atoms with Crippen LogP contribution in [0, 0.1) is 15.9 Å². The van der Waals surface area contributed by atoms with E-state index in [1.54, 1.807) is 0 Å². The highest BCUT2D eigenvalue weighted by Gasteiger charge is 2.17. The summed E-state index contributed by atoms with van der Waals surface area (Å²) in [4.78, 5) is 34.1. The van der Waals surface area contributed by atoms with Gasteiger partial charge in [-0.2, -0.15) is 0 Å². The SMILES string of the molecule is O=C(Cn1c(=O)oc2cc([N+](=O)[O-])ccc21)Nc1ccc(Cl)cc1F. The Morgan fingerprint density at radius 1 is 1.32 bits per heavy atom. The van der Waals surface area contributed by atoms with Crippen LogP contribution in [-0.4, -0.2) is 15.4 Å². The zero-order valence-corrected chi connectivity index (χ0v) is 13.1. The first kappa shape index (κ1) is 16.7. The van der Waals surface area contributed by atoms with Crippen molar-refractivity contribution in [3.63, 3.8) is 0 Å². The Balaban J connectivity index is 1.87. The number of amides is 1. The van der Waals surface area contributed by atoms with Crippen LogP contribution in [0.5, 0.6) is 0 Å². The second kappa shape index (κ2) is 6.36. The summed E-state index contributed by atoms with van der Waals surface area (Å²) in [5.74, 6) is -2.26. The standard InChI is InChI=1S/C15H9ClFN3O5/c16-8-1-3-11(10(17)5-8)18-14(21)7-19-12-4-2-9(20(23)24)6-13(12)25-15(19)22/h1-6H,7H2,(H,18,21). The van der Waals surface area contributed by atoms with Crippen LogP contribution >= 0.6 is 11.6 Å². The van der Waals surface area contributed by atoms with Gasteiger partial charge in [-0.15, -0.1) is 0 Å². The fraction of sp³-hybridized carbons (Fsp3) is 0.0667. The molecule has 0 aliphatic rings. The molecule has 0 saturated heterocycles. The van der Waals surface area contributed by atoms with Crippen molar-refractivity contribution in [1.82, 2.24) is 4.57 Å². The Morgan fingerprint density at radius 2 is 2.08 bits per heavy atom. The first-order chi connectivity index (χ1) is 11.8. The number of fused-ring (bicyclic) bond motifs is 1. The van der Waals surface area contributed by atoms with Crippen LogP contribution in [-0.2, 0) is 11.3 Å². The zero-order valence-electron chi connectivity index (χ0n) is 12.4. The van der Waals surface area contributed by atoms with Crippen molar-refractivity contribution in [2.24, 2.45) is 0 Å². The number of rotatable bonds is 4. The normalized spacial score (nSPS) is 10.8. The number of halogens is 2. The van der Waals surface area contributed by atoms with Gasteiger partial charge in [0.25, 0.3) is 5.69 Å². The maximum atomic E-state index is 13.7. The van der Waals surface area contributed by atoms with Crippen LogP contribution in [0.4, 0.5) is 15.8 Å². The highest BCUT2D eigenvalue weighted by molar-refractivity contribution is 6.30. The summed E-state index contributed by atoms with van der Waals surface area (Å²) in [7, 11) is 0. The molecule has 1 amide bonds. The molecule has 0 saturated carbocycles. The topological polar surface area (TPSA) is 107 Å². The lowest BCUT2D eigenvalue weighted by molar-refractivity contribution is -0.384. The summed E-state index contributed by atoms with van der Waals surface area (Å²) in [6.07, 6.45) is 0. The van der Waals surface area contributed by atoms with Gasteiger partial charge in [0.2, 0.25) is 5.91 Å². The van der Waals surface area contributed by atoms with E-state index >= 15 is 0 Å². The summed E-state index contributed by atoms with van der Waals surface area (Å²) in [5.41, 5.74) is -0.154. The van der Waals surface area contributed by atoms with E-state index in [2.05, 4.69) is 5.32 Å². The molecule has 8 nitrogen and oxygen atoms in total. The quantitative estimate of drug-likeness (QED) is 0.565. The number of nitro groups is 1. The van der Waals surface area contributed by atoms with Gasteiger partial charge in [0.1, 0.15) is 12.4 Å². The predicted molar refractivity (Wildman–Crippen MR) is 87.2 cm³/mol. The van der Waals surface area contributed by atoms with Crippen molar-refractivity contribution >= 4 is 40.0 Å². The molecule has 0 radical (unpaired) electrons. The summed E-state index contributed by atoms with van der Waals surface area (Å²) in [6.45, 7) is -0.453. The Hall–Kier alpha value is -3.20. The van der Waals surface area contributed by atoms with Crippen LogP contribution in [0.1, 0.15) is 0 Å². The maximum Gasteiger partial charge on any atom is 0.420 e. The number of oxazole rings is 1. The molecule has 25 heavy (non-hydrogen) atoms. The van der Waals surface area contributed by atoms with Gasteiger partial charge in [-0.25, -0.2) is 9.18 Å². The summed E-state index contributed by atoms with van der Waals surface area (Å²) < 4.78 is 19.6. The molecule has 128 valence electrons. The van der Waals surface area contributed by atoms with Crippen molar-refractivity contribution in [2.45, 2.75) is 6.54 Å². The van der Waals surface area contributed by atoms with Gasteiger partial charge in [0.15, 0.2) is 5.58 Å². The predicted octanol–water partition coefficient (Wildman–Crippen LogP) is 2.93. The molecule has 0 fully saturated rings. The van der Waals surface area contributed by atoms with Gasteiger partial charge in [-0.1, -0.05) is 11.6 Å². The van der Waals surface area contributed by atoms with Gasteiger partial charge in [-0.3, -0.25) is 19.5 Å². The largest absolute Gasteiger partial charge is 0.420 e. The van der Waals surface area contributed by atoms with E-state index < -0.39 is 28.9 Å². The number of carbonyl (C=O) groups excluding carboxylic acids is 1. The summed E-state index contributed by atoms with van der Waals surface area (Å²) in [6, 6.07) is 7.30. The minimum atomic E-state index is -0.859. The Bertz CT molecular complexity index is 1060. The molecule has 2 aromatic carbocycles. The van der Waals surface area contributed by atoms with Crippen LogP contribution in [0.15, 0.2) is 45.6 Å². The van der Waals surface area contributed by atoms with Gasteiger partial charge < -0.3 is 9.73 Å². The van der Waals surface area contributed by atoms with E-state index in [4.69, 9.17) is 16.0 Å². The van der Waals surface area contributed by atoms with Crippen molar-refractivity contribution in [1.29, 1.82) is 0 Å². The smallest absolute Gasteiger partial charge is 0.407 e. The number of carbonyl (C=O) groups is 1. The fourth-order valence-electron chi connectivity index (χ4n) is 2.24. The maximum absolute atomic E-state index is 13.7. The number of nitro benzene ring substituents is 1. The van der Waals surface area contributed by atoms with E-state index in [0.29, 0.717) is 0 Å². The summed E-state index contributed by atoms with van der Waals surface area (Å²) >= 11 is 5.63. The molecule has 0 atom stereocenters. The van der Waals surface area contributed by atoms with Crippen molar-refractivity contribution in [2.75, 3.05) is 5.32 Å². The van der Waals surface area contributed by atoms with Crippen molar-refractivity contribution < 1.29 is 18.5 Å². The molecule has 0 unspecified atom stereocenters. The highest BCUT2D eigenvalue weighted by atomic mass is 35.5. The molecule has 1 N–H and O–H groups in total. The summed E-state index contributed by atoms with van der Waals surface area (Å²) in [5, 5.41) is 13.2. The third kappa shape index (κ3) is 3.36. The van der Waals surface area contributed by atoms with E-state index in [1.807, 2.05) is 0 Å². The second-order valence-corrected chi connectivity index (χ2v) is 5.47. The molecular formula is C15H9ClFN3O5. The van der Waals surface area contributed by atoms with Crippen molar-refractivity contribution in [3.8, 4) is 0 Å². The third-order valence-electron chi connectivity index (χ3n) is 3.37. The highest BCUT2D eigenvalue weighted by Crippen LogP contribution is 2.21. The second-order valence-electron chi connectivity index (χ2n) is 5.04. The number of anilines is 1. The molecule has 3 aromatic rings. The molecule has 0 bridgehead atoms. The fourth-order valence-corrected chi connectivity index (χ4v) is 2.40. The number of aromatic nitrogens is 1. The van der Waals surface area contributed by atoms with Gasteiger partial charge in [-0.05, 0) is 24.3 Å². The number of benzene rings is 2. The van der Waals surface area contributed by atoms with Crippen LogP contribution in [0.25, 0.3) is 11.1 Å². The lowest BCUT2D eigenvalue weighted by Gasteiger charge is -2.07. The Morgan fingerprint density at radius 3 is 2.76 bits per heavy atom. The zero-order chi connectivity index (χ0) is 18.1. The molecule has 0 aliphatic heterocycles. The Kier molecular flexibility index (Phi) is 4.24.